The molecule has 3 fully saturated rings. The summed E-state index contributed by atoms with van der Waals surface area (Å²) in [6.07, 6.45) is 3.91. The summed E-state index contributed by atoms with van der Waals surface area (Å²) in [5.41, 5.74) is 5.98. The standard InChI is InChI=1S/C16H33N5/c1-18-5-3-16(4-6-18)21-12-10-19(11-13-21)8-9-20-7-2-15(17)14-20/h15-16H,2-14,17H2,1H3. The molecular weight excluding hydrogens is 262 g/mol. The predicted molar refractivity (Wildman–Crippen MR) is 87.6 cm³/mol. The van der Waals surface area contributed by atoms with Gasteiger partial charge in [-0.3, -0.25) is 9.80 Å². The first-order chi connectivity index (χ1) is 10.2. The quantitative estimate of drug-likeness (QED) is 0.773. The Labute approximate surface area is 130 Å². The minimum Gasteiger partial charge on any atom is -0.326 e. The van der Waals surface area contributed by atoms with Crippen molar-refractivity contribution in [1.82, 2.24) is 19.6 Å². The SMILES string of the molecule is CN1CCC(N2CCN(CCN3CCC(N)C3)CC2)CC1. The third-order valence-electron chi connectivity index (χ3n) is 5.65. The second-order valence-electron chi connectivity index (χ2n) is 7.26. The molecule has 1 atom stereocenters. The minimum atomic E-state index is 0.422. The molecule has 1 unspecified atom stereocenters. The maximum Gasteiger partial charge on any atom is 0.0180 e. The highest BCUT2D eigenvalue weighted by molar-refractivity contribution is 4.84. The van der Waals surface area contributed by atoms with Gasteiger partial charge in [-0.1, -0.05) is 0 Å². The lowest BCUT2D eigenvalue weighted by Crippen LogP contribution is -2.53. The largest absolute Gasteiger partial charge is 0.326 e. The van der Waals surface area contributed by atoms with Crippen molar-refractivity contribution in [2.75, 3.05) is 72.5 Å². The van der Waals surface area contributed by atoms with E-state index in [9.17, 15) is 0 Å². The lowest BCUT2D eigenvalue weighted by molar-refractivity contribution is 0.0613. The molecule has 2 N–H and O–H groups in total. The average Bonchev–Trinajstić information content (AvgIpc) is 2.92. The minimum absolute atomic E-state index is 0.422. The number of hydrogen-bond acceptors (Lipinski definition) is 5. The molecule has 5 heteroatoms. The number of likely N-dealkylation sites (tertiary alicyclic amines) is 2. The average molecular weight is 295 g/mol. The van der Waals surface area contributed by atoms with Crippen LogP contribution in [0.4, 0.5) is 0 Å². The van der Waals surface area contributed by atoms with Gasteiger partial charge in [0.05, 0.1) is 0 Å². The van der Waals surface area contributed by atoms with Crippen molar-refractivity contribution in [2.45, 2.75) is 31.3 Å². The van der Waals surface area contributed by atoms with Crippen molar-refractivity contribution in [3.05, 3.63) is 0 Å². The molecule has 0 amide bonds. The zero-order valence-electron chi connectivity index (χ0n) is 13.7. The van der Waals surface area contributed by atoms with Gasteiger partial charge in [0.15, 0.2) is 0 Å². The Bertz CT molecular complexity index is 308. The fourth-order valence-electron chi connectivity index (χ4n) is 4.06. The first-order valence-electron chi connectivity index (χ1n) is 8.83. The van der Waals surface area contributed by atoms with E-state index in [1.165, 1.54) is 78.2 Å². The van der Waals surface area contributed by atoms with Crippen LogP contribution in [0, 0.1) is 0 Å². The highest BCUT2D eigenvalue weighted by atomic mass is 15.3. The number of nitrogens with zero attached hydrogens (tertiary/aromatic N) is 4. The highest BCUT2D eigenvalue weighted by Crippen LogP contribution is 2.17. The summed E-state index contributed by atoms with van der Waals surface area (Å²) in [7, 11) is 2.25. The maximum atomic E-state index is 5.98. The van der Waals surface area contributed by atoms with Gasteiger partial charge in [0, 0.05) is 57.9 Å². The zero-order chi connectivity index (χ0) is 14.7. The molecule has 0 saturated carbocycles. The van der Waals surface area contributed by atoms with Crippen LogP contribution < -0.4 is 5.73 Å². The van der Waals surface area contributed by atoms with Crippen LogP contribution in [0.2, 0.25) is 0 Å². The van der Waals surface area contributed by atoms with Gasteiger partial charge >= 0.3 is 0 Å². The summed E-state index contributed by atoms with van der Waals surface area (Å²) in [4.78, 5) is 10.4. The van der Waals surface area contributed by atoms with E-state index < -0.39 is 0 Å². The number of piperazine rings is 1. The van der Waals surface area contributed by atoms with Crippen LogP contribution in [-0.2, 0) is 0 Å². The third-order valence-corrected chi connectivity index (χ3v) is 5.65. The van der Waals surface area contributed by atoms with Crippen LogP contribution in [0.1, 0.15) is 19.3 Å². The highest BCUT2D eigenvalue weighted by Gasteiger charge is 2.27. The van der Waals surface area contributed by atoms with Crippen LogP contribution >= 0.6 is 0 Å². The first-order valence-corrected chi connectivity index (χ1v) is 8.83. The maximum absolute atomic E-state index is 5.98. The Balaban J connectivity index is 1.33. The summed E-state index contributed by atoms with van der Waals surface area (Å²) in [6.45, 7) is 12.4. The summed E-state index contributed by atoms with van der Waals surface area (Å²) < 4.78 is 0. The van der Waals surface area contributed by atoms with Crippen LogP contribution in [0.3, 0.4) is 0 Å². The Hall–Kier alpha value is -0.200. The Kier molecular flexibility index (Phi) is 5.51. The van der Waals surface area contributed by atoms with Crippen LogP contribution in [0.15, 0.2) is 0 Å². The molecule has 0 aromatic carbocycles. The van der Waals surface area contributed by atoms with E-state index in [0.717, 1.165) is 12.6 Å². The summed E-state index contributed by atoms with van der Waals surface area (Å²) in [5, 5.41) is 0. The smallest absolute Gasteiger partial charge is 0.0180 e. The van der Waals surface area contributed by atoms with E-state index in [1.807, 2.05) is 0 Å². The molecule has 3 saturated heterocycles. The van der Waals surface area contributed by atoms with E-state index in [4.69, 9.17) is 5.73 Å². The molecule has 0 aromatic heterocycles. The molecule has 0 aliphatic carbocycles. The van der Waals surface area contributed by atoms with Gasteiger partial charge in [0.1, 0.15) is 0 Å². The summed E-state index contributed by atoms with van der Waals surface area (Å²) in [6, 6.07) is 1.27. The molecule has 3 aliphatic rings. The van der Waals surface area contributed by atoms with Gasteiger partial charge in [-0.25, -0.2) is 0 Å². The fraction of sp³-hybridized carbons (Fsp3) is 1.00. The topological polar surface area (TPSA) is 39.0 Å². The van der Waals surface area contributed by atoms with Crippen LogP contribution in [0.5, 0.6) is 0 Å². The van der Waals surface area contributed by atoms with E-state index in [-0.39, 0.29) is 0 Å². The molecule has 3 rings (SSSR count). The molecule has 0 bridgehead atoms. The molecule has 3 aliphatic heterocycles. The van der Waals surface area contributed by atoms with Gasteiger partial charge < -0.3 is 15.5 Å². The number of hydrogen-bond donors (Lipinski definition) is 1. The first kappa shape index (κ1) is 15.7. The van der Waals surface area contributed by atoms with Gasteiger partial charge in [-0.15, -0.1) is 0 Å². The lowest BCUT2D eigenvalue weighted by Gasteiger charge is -2.42. The van der Waals surface area contributed by atoms with Gasteiger partial charge in [-0.05, 0) is 45.9 Å². The Morgan fingerprint density at radius 2 is 1.48 bits per heavy atom. The molecule has 0 aromatic rings. The molecule has 122 valence electrons. The van der Waals surface area contributed by atoms with Gasteiger partial charge in [-0.2, -0.15) is 0 Å². The molecule has 0 radical (unpaired) electrons. The van der Waals surface area contributed by atoms with Crippen molar-refractivity contribution >= 4 is 0 Å². The van der Waals surface area contributed by atoms with Crippen molar-refractivity contribution in [3.8, 4) is 0 Å². The Morgan fingerprint density at radius 1 is 0.810 bits per heavy atom. The summed E-state index contributed by atoms with van der Waals surface area (Å²) >= 11 is 0. The zero-order valence-corrected chi connectivity index (χ0v) is 13.7. The second kappa shape index (κ2) is 7.38. The fourth-order valence-corrected chi connectivity index (χ4v) is 4.06. The van der Waals surface area contributed by atoms with Crippen molar-refractivity contribution in [1.29, 1.82) is 0 Å². The predicted octanol–water partition coefficient (Wildman–Crippen LogP) is -0.269. The van der Waals surface area contributed by atoms with Crippen molar-refractivity contribution < 1.29 is 0 Å². The number of nitrogens with two attached hydrogens (primary N) is 1. The van der Waals surface area contributed by atoms with E-state index >= 15 is 0 Å². The molecule has 3 heterocycles. The Morgan fingerprint density at radius 3 is 2.10 bits per heavy atom. The molecular formula is C16H33N5. The van der Waals surface area contributed by atoms with Gasteiger partial charge in [0.2, 0.25) is 0 Å². The number of piperidine rings is 1. The second-order valence-corrected chi connectivity index (χ2v) is 7.26. The normalized spacial score (nSPS) is 32.0. The van der Waals surface area contributed by atoms with E-state index in [0.29, 0.717) is 6.04 Å². The van der Waals surface area contributed by atoms with Crippen molar-refractivity contribution in [2.24, 2.45) is 5.73 Å². The molecule has 21 heavy (non-hydrogen) atoms. The number of rotatable bonds is 4. The summed E-state index contributed by atoms with van der Waals surface area (Å²) in [5.74, 6) is 0. The van der Waals surface area contributed by atoms with Crippen molar-refractivity contribution in [3.63, 3.8) is 0 Å². The van der Waals surface area contributed by atoms with Crippen LogP contribution in [0.25, 0.3) is 0 Å². The monoisotopic (exact) mass is 295 g/mol. The van der Waals surface area contributed by atoms with E-state index in [1.54, 1.807) is 0 Å². The van der Waals surface area contributed by atoms with Crippen LogP contribution in [-0.4, -0.2) is 104 Å². The lowest BCUT2D eigenvalue weighted by atomic mass is 10.0. The third kappa shape index (κ3) is 4.39. The molecule has 5 nitrogen and oxygen atoms in total. The van der Waals surface area contributed by atoms with E-state index in [2.05, 4.69) is 26.6 Å². The molecule has 0 spiro atoms. The van der Waals surface area contributed by atoms with Gasteiger partial charge in [0.25, 0.3) is 0 Å².